The molecule has 0 spiro atoms. The van der Waals surface area contributed by atoms with Crippen LogP contribution in [0.4, 0.5) is 0 Å². The molecule has 12 nitrogen and oxygen atoms in total. The first-order chi connectivity index (χ1) is 19.3. The van der Waals surface area contributed by atoms with E-state index in [2.05, 4.69) is 20.6 Å². The Morgan fingerprint density at radius 2 is 1.10 bits per heavy atom. The summed E-state index contributed by atoms with van der Waals surface area (Å²) in [4.78, 5) is 51.5. The number of nitro groups is 2. The third kappa shape index (κ3) is 10.9. The van der Waals surface area contributed by atoms with Gasteiger partial charge in [-0.05, 0) is 36.4 Å². The van der Waals surface area contributed by atoms with Gasteiger partial charge in [0.25, 0.3) is 11.4 Å². The molecule has 2 N–H and O–H groups in total. The van der Waals surface area contributed by atoms with E-state index in [-0.39, 0.29) is 40.0 Å². The normalized spacial score (nSPS) is 15.7. The van der Waals surface area contributed by atoms with Crippen LogP contribution in [0.3, 0.4) is 0 Å². The zero-order valence-corrected chi connectivity index (χ0v) is 22.9. The number of pyridine rings is 2. The largest absolute Gasteiger partial charge is 0.390 e. The van der Waals surface area contributed by atoms with Gasteiger partial charge in [-0.25, -0.2) is 0 Å². The van der Waals surface area contributed by atoms with E-state index in [1.807, 2.05) is 36.4 Å². The number of ketones is 2. The van der Waals surface area contributed by atoms with Crippen molar-refractivity contribution in [3.63, 3.8) is 0 Å². The van der Waals surface area contributed by atoms with Crippen LogP contribution in [0.5, 0.6) is 0 Å². The smallest absolute Gasteiger partial charge is 0.273 e. The Hall–Kier alpha value is -5.00. The van der Waals surface area contributed by atoms with Crippen molar-refractivity contribution in [2.45, 2.75) is 12.8 Å². The monoisotopic (exact) mass is 597 g/mol. The van der Waals surface area contributed by atoms with Gasteiger partial charge >= 0.3 is 0 Å². The van der Waals surface area contributed by atoms with E-state index < -0.39 is 9.85 Å². The van der Waals surface area contributed by atoms with Gasteiger partial charge in [-0.1, -0.05) is 12.1 Å². The standard InChI is InChI=1S/2C14H13N3O3.Mn/c2*18-14-9-13(17(19)20)5-4-11(14)10-15-8-6-12-3-1-2-7-16-12;/h2*1-5,7,9-10,15H,6,8H2;/b11-10+;11-10-;. The van der Waals surface area contributed by atoms with Crippen molar-refractivity contribution in [2.75, 3.05) is 13.1 Å². The molecule has 0 aliphatic heterocycles. The maximum absolute atomic E-state index is 11.6. The van der Waals surface area contributed by atoms with Gasteiger partial charge in [0.15, 0.2) is 11.6 Å². The van der Waals surface area contributed by atoms with Crippen LogP contribution >= 0.6 is 0 Å². The number of nitrogens with one attached hydrogen (secondary N) is 2. The molecule has 2 aromatic heterocycles. The molecular weight excluding hydrogens is 571 g/mol. The predicted molar refractivity (Wildman–Crippen MR) is 147 cm³/mol. The quantitative estimate of drug-likeness (QED) is 0.136. The number of hydrogen-bond donors (Lipinski definition) is 2. The van der Waals surface area contributed by atoms with E-state index >= 15 is 0 Å². The predicted octanol–water partition coefficient (Wildman–Crippen LogP) is 2.79. The molecule has 41 heavy (non-hydrogen) atoms. The summed E-state index contributed by atoms with van der Waals surface area (Å²) >= 11 is 0. The van der Waals surface area contributed by atoms with Crippen LogP contribution in [-0.4, -0.2) is 44.5 Å². The summed E-state index contributed by atoms with van der Waals surface area (Å²) in [5.74, 6) is -0.742. The van der Waals surface area contributed by atoms with Crippen molar-refractivity contribution in [3.05, 3.63) is 152 Å². The molecule has 0 bridgehead atoms. The Morgan fingerprint density at radius 3 is 1.41 bits per heavy atom. The molecule has 0 fully saturated rings. The van der Waals surface area contributed by atoms with E-state index in [0.29, 0.717) is 24.2 Å². The fourth-order valence-electron chi connectivity index (χ4n) is 3.37. The summed E-state index contributed by atoms with van der Waals surface area (Å²) in [6.45, 7) is 1.26. The molecule has 0 aromatic carbocycles. The minimum absolute atomic E-state index is 0. The summed E-state index contributed by atoms with van der Waals surface area (Å²) in [7, 11) is 0. The second-order valence-corrected chi connectivity index (χ2v) is 8.30. The van der Waals surface area contributed by atoms with E-state index in [0.717, 1.165) is 36.4 Å². The second-order valence-electron chi connectivity index (χ2n) is 8.30. The van der Waals surface area contributed by atoms with Crippen LogP contribution in [0.25, 0.3) is 0 Å². The van der Waals surface area contributed by atoms with Crippen LogP contribution in [0.2, 0.25) is 0 Å². The minimum atomic E-state index is -0.584. The number of carbonyl (C=O) groups is 2. The molecular formula is C28H26MnN6O6. The number of hydrogen-bond acceptors (Lipinski definition) is 10. The molecule has 0 saturated carbocycles. The van der Waals surface area contributed by atoms with Crippen LogP contribution in [0.15, 0.2) is 120 Å². The van der Waals surface area contributed by atoms with Crippen molar-refractivity contribution in [1.82, 2.24) is 20.6 Å². The van der Waals surface area contributed by atoms with Gasteiger partial charge in [-0.2, -0.15) is 0 Å². The van der Waals surface area contributed by atoms with Crippen molar-refractivity contribution in [1.29, 1.82) is 0 Å². The van der Waals surface area contributed by atoms with E-state index in [9.17, 15) is 29.8 Å². The number of allylic oxidation sites excluding steroid dienone is 8. The molecule has 0 amide bonds. The summed E-state index contributed by atoms with van der Waals surface area (Å²) < 4.78 is 0. The van der Waals surface area contributed by atoms with Crippen molar-refractivity contribution in [2.24, 2.45) is 0 Å². The molecule has 0 saturated heterocycles. The Morgan fingerprint density at radius 1 is 0.683 bits per heavy atom. The van der Waals surface area contributed by atoms with Crippen LogP contribution in [0, 0.1) is 20.2 Å². The minimum Gasteiger partial charge on any atom is -0.390 e. The molecule has 211 valence electrons. The van der Waals surface area contributed by atoms with Crippen LogP contribution < -0.4 is 10.6 Å². The topological polar surface area (TPSA) is 170 Å². The van der Waals surface area contributed by atoms with E-state index in [1.54, 1.807) is 24.8 Å². The molecule has 2 aliphatic rings. The Kier molecular flexibility index (Phi) is 13.2. The van der Waals surface area contributed by atoms with Gasteiger partial charge in [0.05, 0.1) is 22.0 Å². The number of aromatic nitrogens is 2. The summed E-state index contributed by atoms with van der Waals surface area (Å²) in [6.07, 6.45) is 15.6. The van der Waals surface area contributed by atoms with Gasteiger partial charge in [0, 0.05) is 102 Å². The average Bonchev–Trinajstić information content (AvgIpc) is 2.96. The van der Waals surface area contributed by atoms with Crippen molar-refractivity contribution in [3.8, 4) is 0 Å². The average molecular weight is 597 g/mol. The SMILES string of the molecule is O=C1C=C([N+](=O)[O-])C=C/C1=C/NCCc1ccccn1.O=C1C=C([N+](=O)[O-])C=C/C1=C\NCCc1ccccn1.[Mn]. The summed E-state index contributed by atoms with van der Waals surface area (Å²) in [5.41, 5.74) is 2.33. The molecule has 4 rings (SSSR count). The van der Waals surface area contributed by atoms with Gasteiger partial charge < -0.3 is 10.6 Å². The molecule has 1 radical (unpaired) electrons. The third-order valence-electron chi connectivity index (χ3n) is 5.43. The summed E-state index contributed by atoms with van der Waals surface area (Å²) in [6, 6.07) is 11.4. The molecule has 0 atom stereocenters. The maximum atomic E-state index is 11.6. The zero-order valence-electron chi connectivity index (χ0n) is 21.7. The molecule has 2 heterocycles. The van der Waals surface area contributed by atoms with E-state index in [1.165, 1.54) is 24.3 Å². The number of rotatable bonds is 10. The fourth-order valence-corrected chi connectivity index (χ4v) is 3.37. The fraction of sp³-hybridized carbons (Fsp3) is 0.143. The number of carbonyl (C=O) groups excluding carboxylic acids is 2. The first-order valence-corrected chi connectivity index (χ1v) is 12.2. The molecule has 13 heteroatoms. The van der Waals surface area contributed by atoms with Gasteiger partial charge in [-0.3, -0.25) is 39.8 Å². The van der Waals surface area contributed by atoms with Gasteiger partial charge in [0.2, 0.25) is 0 Å². The van der Waals surface area contributed by atoms with Crippen LogP contribution in [-0.2, 0) is 39.5 Å². The van der Waals surface area contributed by atoms with Crippen LogP contribution in [0.1, 0.15) is 11.4 Å². The molecule has 0 unspecified atom stereocenters. The molecule has 2 aromatic rings. The van der Waals surface area contributed by atoms with Gasteiger partial charge in [-0.15, -0.1) is 0 Å². The van der Waals surface area contributed by atoms with Crippen molar-refractivity contribution < 1.29 is 36.5 Å². The maximum Gasteiger partial charge on any atom is 0.273 e. The number of nitrogens with zero attached hydrogens (tertiary/aromatic N) is 4. The Balaban J connectivity index is 0.000000280. The second kappa shape index (κ2) is 16.9. The zero-order chi connectivity index (χ0) is 28.7. The summed E-state index contributed by atoms with van der Waals surface area (Å²) in [5, 5.41) is 27.0. The first kappa shape index (κ1) is 32.2. The molecule has 2 aliphatic carbocycles. The third-order valence-corrected chi connectivity index (χ3v) is 5.43. The van der Waals surface area contributed by atoms with Gasteiger partial charge in [0.1, 0.15) is 0 Å². The first-order valence-electron chi connectivity index (χ1n) is 12.2. The van der Waals surface area contributed by atoms with E-state index in [4.69, 9.17) is 0 Å². The Bertz CT molecular complexity index is 1320. The van der Waals surface area contributed by atoms with Crippen molar-refractivity contribution >= 4 is 11.6 Å². The Labute approximate surface area is 246 Å².